The molecule has 1 rings (SSSR count). The summed E-state index contributed by atoms with van der Waals surface area (Å²) in [6.07, 6.45) is 2.41. The van der Waals surface area contributed by atoms with E-state index in [2.05, 4.69) is 38.9 Å². The van der Waals surface area contributed by atoms with Crippen molar-refractivity contribution in [2.24, 2.45) is 5.92 Å². The third kappa shape index (κ3) is 2.57. The minimum Gasteiger partial charge on any atom is -0.242 e. The molecule has 0 radical (unpaired) electrons. The van der Waals surface area contributed by atoms with Crippen molar-refractivity contribution < 1.29 is 4.21 Å². The highest BCUT2D eigenvalue weighted by atomic mass is 32.2. The minimum atomic E-state index is -0.830. The highest BCUT2D eigenvalue weighted by molar-refractivity contribution is 7.84. The van der Waals surface area contributed by atoms with Crippen LogP contribution in [-0.2, 0) is 11.0 Å². The van der Waals surface area contributed by atoms with Crippen LogP contribution in [0.3, 0.4) is 0 Å². The highest BCUT2D eigenvalue weighted by Crippen LogP contribution is 2.29. The predicted octanol–water partition coefficient (Wildman–Crippen LogP) is 2.57. The Morgan fingerprint density at radius 1 is 1.36 bits per heavy atom. The van der Waals surface area contributed by atoms with E-state index in [9.17, 15) is 4.21 Å². The van der Waals surface area contributed by atoms with Gasteiger partial charge in [0.05, 0.1) is 15.7 Å². The van der Waals surface area contributed by atoms with Crippen molar-refractivity contribution in [2.75, 3.05) is 6.54 Å². The molecule has 0 bridgehead atoms. The molecule has 2 nitrogen and oxygen atoms in total. The first-order valence-electron chi connectivity index (χ1n) is 5.52. The standard InChI is InChI=1S/C11H23NOS/c1-9(2)10-7-6-8-12(10)14(13)11(3,4)5/h9-10H,6-8H2,1-5H3/t10-,14?/m0/s1. The molecule has 0 aromatic carbocycles. The predicted molar refractivity (Wildman–Crippen MR) is 62.5 cm³/mol. The maximum Gasteiger partial charge on any atom is 0.1000 e. The first-order chi connectivity index (χ1) is 6.34. The quantitative estimate of drug-likeness (QED) is 0.696. The summed E-state index contributed by atoms with van der Waals surface area (Å²) in [5.74, 6) is 0.615. The molecule has 1 heterocycles. The van der Waals surface area contributed by atoms with Gasteiger partial charge in [0.25, 0.3) is 0 Å². The maximum atomic E-state index is 12.2. The van der Waals surface area contributed by atoms with Gasteiger partial charge >= 0.3 is 0 Å². The fraction of sp³-hybridized carbons (Fsp3) is 1.00. The van der Waals surface area contributed by atoms with Gasteiger partial charge in [0.2, 0.25) is 0 Å². The van der Waals surface area contributed by atoms with Crippen LogP contribution in [0.15, 0.2) is 0 Å². The second-order valence-corrected chi connectivity index (χ2v) is 7.65. The molecule has 0 N–H and O–H groups in total. The summed E-state index contributed by atoms with van der Waals surface area (Å²) in [5, 5.41) is 0. The van der Waals surface area contributed by atoms with Gasteiger partial charge in [-0.05, 0) is 39.5 Å². The zero-order valence-electron chi connectivity index (χ0n) is 10.0. The average Bonchev–Trinajstić information content (AvgIpc) is 2.48. The number of nitrogens with zero attached hydrogens (tertiary/aromatic N) is 1. The van der Waals surface area contributed by atoms with Gasteiger partial charge in [-0.15, -0.1) is 0 Å². The fourth-order valence-corrected chi connectivity index (χ4v) is 3.58. The van der Waals surface area contributed by atoms with E-state index in [0.29, 0.717) is 12.0 Å². The van der Waals surface area contributed by atoms with Crippen LogP contribution in [0.2, 0.25) is 0 Å². The Morgan fingerprint density at radius 2 is 1.93 bits per heavy atom. The van der Waals surface area contributed by atoms with Crippen molar-refractivity contribution in [1.29, 1.82) is 0 Å². The molecule has 1 fully saturated rings. The van der Waals surface area contributed by atoms with Crippen LogP contribution in [0.5, 0.6) is 0 Å². The van der Waals surface area contributed by atoms with Gasteiger partial charge in [-0.2, -0.15) is 0 Å². The van der Waals surface area contributed by atoms with Crippen molar-refractivity contribution in [1.82, 2.24) is 4.31 Å². The van der Waals surface area contributed by atoms with Crippen LogP contribution >= 0.6 is 0 Å². The van der Waals surface area contributed by atoms with Crippen molar-refractivity contribution in [3.05, 3.63) is 0 Å². The lowest BCUT2D eigenvalue weighted by molar-refractivity contribution is 0.325. The number of rotatable bonds is 2. The van der Waals surface area contributed by atoms with Gasteiger partial charge in [-0.3, -0.25) is 0 Å². The third-order valence-electron chi connectivity index (χ3n) is 2.75. The maximum absolute atomic E-state index is 12.2. The van der Waals surface area contributed by atoms with Crippen LogP contribution in [0.1, 0.15) is 47.5 Å². The van der Waals surface area contributed by atoms with Gasteiger partial charge < -0.3 is 0 Å². The van der Waals surface area contributed by atoms with Crippen LogP contribution in [0.4, 0.5) is 0 Å². The number of hydrogen-bond acceptors (Lipinski definition) is 1. The molecule has 0 aromatic heterocycles. The Hall–Kier alpha value is 0.110. The topological polar surface area (TPSA) is 20.3 Å². The van der Waals surface area contributed by atoms with Gasteiger partial charge in [-0.25, -0.2) is 8.51 Å². The second kappa shape index (κ2) is 4.31. The highest BCUT2D eigenvalue weighted by Gasteiger charge is 2.35. The molecular weight excluding hydrogens is 194 g/mol. The third-order valence-corrected chi connectivity index (χ3v) is 4.68. The Labute approximate surface area is 90.7 Å². The lowest BCUT2D eigenvalue weighted by Crippen LogP contribution is -2.42. The molecule has 84 valence electrons. The monoisotopic (exact) mass is 217 g/mol. The van der Waals surface area contributed by atoms with E-state index in [4.69, 9.17) is 0 Å². The molecule has 1 unspecified atom stereocenters. The molecule has 0 amide bonds. The van der Waals surface area contributed by atoms with Crippen LogP contribution < -0.4 is 0 Å². The Bertz CT molecular complexity index is 220. The van der Waals surface area contributed by atoms with Crippen LogP contribution in [0.25, 0.3) is 0 Å². The lowest BCUT2D eigenvalue weighted by Gasteiger charge is -2.31. The Morgan fingerprint density at radius 3 is 2.36 bits per heavy atom. The average molecular weight is 217 g/mol. The van der Waals surface area contributed by atoms with Crippen molar-refractivity contribution in [3.8, 4) is 0 Å². The van der Waals surface area contributed by atoms with Gasteiger partial charge in [0, 0.05) is 12.6 Å². The van der Waals surface area contributed by atoms with Crippen molar-refractivity contribution in [2.45, 2.75) is 58.2 Å². The molecule has 1 aliphatic heterocycles. The summed E-state index contributed by atoms with van der Waals surface area (Å²) in [6, 6.07) is 0.523. The van der Waals surface area contributed by atoms with E-state index in [1.165, 1.54) is 12.8 Å². The summed E-state index contributed by atoms with van der Waals surface area (Å²) >= 11 is 0. The van der Waals surface area contributed by atoms with E-state index in [1.807, 2.05) is 0 Å². The molecule has 0 aromatic rings. The molecule has 0 spiro atoms. The van der Waals surface area contributed by atoms with E-state index < -0.39 is 11.0 Å². The Balaban J connectivity index is 2.72. The molecule has 0 aliphatic carbocycles. The van der Waals surface area contributed by atoms with Gasteiger partial charge in [0.15, 0.2) is 0 Å². The zero-order chi connectivity index (χ0) is 10.9. The molecule has 1 saturated heterocycles. The van der Waals surface area contributed by atoms with E-state index >= 15 is 0 Å². The first kappa shape index (κ1) is 12.2. The van der Waals surface area contributed by atoms with Gasteiger partial charge in [-0.1, -0.05) is 13.8 Å². The summed E-state index contributed by atoms with van der Waals surface area (Å²) in [6.45, 7) is 11.6. The smallest absolute Gasteiger partial charge is 0.1000 e. The molecule has 2 atom stereocenters. The van der Waals surface area contributed by atoms with E-state index in [-0.39, 0.29) is 4.75 Å². The van der Waals surface area contributed by atoms with Crippen LogP contribution in [-0.4, -0.2) is 25.8 Å². The zero-order valence-corrected chi connectivity index (χ0v) is 10.9. The molecule has 14 heavy (non-hydrogen) atoms. The SMILES string of the molecule is CC(C)[C@@H]1CCCN1S(=O)C(C)(C)C. The summed E-state index contributed by atoms with van der Waals surface area (Å²) < 4.78 is 14.3. The Kier molecular flexibility index (Phi) is 3.75. The number of hydrogen-bond donors (Lipinski definition) is 0. The fourth-order valence-electron chi connectivity index (χ4n) is 1.99. The lowest BCUT2D eigenvalue weighted by atomic mass is 10.0. The largest absolute Gasteiger partial charge is 0.242 e. The molecule has 3 heteroatoms. The van der Waals surface area contributed by atoms with Crippen LogP contribution in [0, 0.1) is 5.92 Å². The van der Waals surface area contributed by atoms with E-state index in [1.54, 1.807) is 0 Å². The molecule has 0 saturated carbocycles. The first-order valence-corrected chi connectivity index (χ1v) is 6.63. The normalized spacial score (nSPS) is 27.1. The summed E-state index contributed by atoms with van der Waals surface area (Å²) in [5.41, 5.74) is 0. The van der Waals surface area contributed by atoms with Gasteiger partial charge in [0.1, 0.15) is 0 Å². The summed E-state index contributed by atoms with van der Waals surface area (Å²) in [7, 11) is -0.830. The molecular formula is C11H23NOS. The van der Waals surface area contributed by atoms with Crippen molar-refractivity contribution >= 4 is 11.0 Å². The minimum absolute atomic E-state index is 0.114. The second-order valence-electron chi connectivity index (χ2n) is 5.46. The molecule has 1 aliphatic rings. The summed E-state index contributed by atoms with van der Waals surface area (Å²) in [4.78, 5) is 0. The van der Waals surface area contributed by atoms with E-state index in [0.717, 1.165) is 6.54 Å². The van der Waals surface area contributed by atoms with Crippen molar-refractivity contribution in [3.63, 3.8) is 0 Å².